The Morgan fingerprint density at radius 3 is 2.58 bits per heavy atom. The normalized spacial score (nSPS) is 29.2. The van der Waals surface area contributed by atoms with Crippen LogP contribution in [0.15, 0.2) is 24.3 Å². The number of likely N-dealkylation sites (N-methyl/N-ethyl adjacent to an activating group) is 1. The highest BCUT2D eigenvalue weighted by Gasteiger charge is 2.34. The Labute approximate surface area is 116 Å². The SMILES string of the molecule is CNC(c1ccccc1C1CCC1)C1OCCC1C. The molecule has 1 aliphatic heterocycles. The lowest BCUT2D eigenvalue weighted by molar-refractivity contribution is 0.0626. The van der Waals surface area contributed by atoms with Gasteiger partial charge in [-0.1, -0.05) is 37.6 Å². The highest BCUT2D eigenvalue weighted by molar-refractivity contribution is 5.35. The molecule has 3 rings (SSSR count). The van der Waals surface area contributed by atoms with E-state index in [1.165, 1.54) is 31.2 Å². The summed E-state index contributed by atoms with van der Waals surface area (Å²) in [4.78, 5) is 0. The Kier molecular flexibility index (Phi) is 3.90. The topological polar surface area (TPSA) is 21.3 Å². The van der Waals surface area contributed by atoms with Gasteiger partial charge in [0.1, 0.15) is 0 Å². The molecule has 0 aromatic heterocycles. The van der Waals surface area contributed by atoms with Crippen molar-refractivity contribution in [3.63, 3.8) is 0 Å². The van der Waals surface area contributed by atoms with Crippen LogP contribution in [0.1, 0.15) is 55.7 Å². The van der Waals surface area contributed by atoms with Crippen LogP contribution in [0.5, 0.6) is 0 Å². The largest absolute Gasteiger partial charge is 0.376 e. The lowest BCUT2D eigenvalue weighted by atomic mass is 9.76. The fraction of sp³-hybridized carbons (Fsp3) is 0.647. The smallest absolute Gasteiger partial charge is 0.0795 e. The molecular formula is C17H25NO. The minimum Gasteiger partial charge on any atom is -0.376 e. The molecule has 1 aromatic rings. The molecule has 1 aromatic carbocycles. The van der Waals surface area contributed by atoms with E-state index in [0.717, 1.165) is 12.5 Å². The summed E-state index contributed by atoms with van der Waals surface area (Å²) in [6, 6.07) is 9.31. The number of hydrogen-bond acceptors (Lipinski definition) is 2. The van der Waals surface area contributed by atoms with Gasteiger partial charge in [0, 0.05) is 6.61 Å². The monoisotopic (exact) mass is 259 g/mol. The maximum absolute atomic E-state index is 6.00. The number of nitrogens with one attached hydrogen (secondary N) is 1. The van der Waals surface area contributed by atoms with Crippen molar-refractivity contribution in [3.05, 3.63) is 35.4 Å². The summed E-state index contributed by atoms with van der Waals surface area (Å²) in [5, 5.41) is 3.51. The maximum atomic E-state index is 6.00. The second-order valence-electron chi connectivity index (χ2n) is 6.12. The third kappa shape index (κ3) is 2.44. The van der Waals surface area contributed by atoms with E-state index in [0.29, 0.717) is 18.1 Å². The fourth-order valence-electron chi connectivity index (χ4n) is 3.53. The van der Waals surface area contributed by atoms with Crippen LogP contribution in [0.2, 0.25) is 0 Å². The molecule has 2 aliphatic rings. The zero-order valence-corrected chi connectivity index (χ0v) is 12.1. The van der Waals surface area contributed by atoms with Gasteiger partial charge >= 0.3 is 0 Å². The first-order valence-corrected chi connectivity index (χ1v) is 7.69. The first-order chi connectivity index (χ1) is 9.31. The van der Waals surface area contributed by atoms with Crippen molar-refractivity contribution >= 4 is 0 Å². The molecule has 104 valence electrons. The minimum atomic E-state index is 0.325. The van der Waals surface area contributed by atoms with Gasteiger partial charge < -0.3 is 10.1 Å². The van der Waals surface area contributed by atoms with Crippen LogP contribution in [0.25, 0.3) is 0 Å². The Bertz CT molecular complexity index is 427. The summed E-state index contributed by atoms with van der Waals surface area (Å²) in [5.74, 6) is 1.43. The number of benzene rings is 1. The molecule has 19 heavy (non-hydrogen) atoms. The molecule has 3 atom stereocenters. The second-order valence-corrected chi connectivity index (χ2v) is 6.12. The number of rotatable bonds is 4. The zero-order valence-electron chi connectivity index (χ0n) is 12.1. The van der Waals surface area contributed by atoms with Gasteiger partial charge in [-0.05, 0) is 49.3 Å². The van der Waals surface area contributed by atoms with Gasteiger partial charge in [0.2, 0.25) is 0 Å². The van der Waals surface area contributed by atoms with Crippen LogP contribution in [-0.4, -0.2) is 19.8 Å². The van der Waals surface area contributed by atoms with Crippen LogP contribution in [0.3, 0.4) is 0 Å². The predicted octanol–water partition coefficient (Wildman–Crippen LogP) is 3.64. The maximum Gasteiger partial charge on any atom is 0.0795 e. The van der Waals surface area contributed by atoms with Gasteiger partial charge in [0.05, 0.1) is 12.1 Å². The van der Waals surface area contributed by atoms with Gasteiger partial charge in [0.15, 0.2) is 0 Å². The van der Waals surface area contributed by atoms with Gasteiger partial charge in [0.25, 0.3) is 0 Å². The predicted molar refractivity (Wildman–Crippen MR) is 78.4 cm³/mol. The number of ether oxygens (including phenoxy) is 1. The van der Waals surface area contributed by atoms with E-state index in [9.17, 15) is 0 Å². The standard InChI is InChI=1S/C17H25NO/c1-12-10-11-19-17(12)16(18-2)15-9-4-3-8-14(15)13-6-5-7-13/h3-4,8-9,12-13,16-18H,5-7,10-11H2,1-2H3. The van der Waals surface area contributed by atoms with E-state index in [-0.39, 0.29) is 0 Å². The van der Waals surface area contributed by atoms with E-state index < -0.39 is 0 Å². The van der Waals surface area contributed by atoms with Gasteiger partial charge in [-0.25, -0.2) is 0 Å². The molecule has 2 nitrogen and oxygen atoms in total. The van der Waals surface area contributed by atoms with E-state index in [1.54, 1.807) is 5.56 Å². The average Bonchev–Trinajstić information content (AvgIpc) is 2.77. The Hall–Kier alpha value is -0.860. The molecule has 1 saturated carbocycles. The van der Waals surface area contributed by atoms with Crippen LogP contribution < -0.4 is 5.32 Å². The lowest BCUT2D eigenvalue weighted by Crippen LogP contribution is -2.33. The minimum absolute atomic E-state index is 0.325. The van der Waals surface area contributed by atoms with Crippen molar-refractivity contribution in [1.82, 2.24) is 5.32 Å². The van der Waals surface area contributed by atoms with E-state index in [2.05, 4.69) is 43.6 Å². The summed E-state index contributed by atoms with van der Waals surface area (Å²) in [6.45, 7) is 3.23. The van der Waals surface area contributed by atoms with Crippen molar-refractivity contribution in [2.45, 2.75) is 50.7 Å². The summed E-state index contributed by atoms with van der Waals surface area (Å²) in [5.41, 5.74) is 3.02. The van der Waals surface area contributed by atoms with Crippen molar-refractivity contribution in [1.29, 1.82) is 0 Å². The van der Waals surface area contributed by atoms with Gasteiger partial charge in [-0.2, -0.15) is 0 Å². The van der Waals surface area contributed by atoms with E-state index in [4.69, 9.17) is 4.74 Å². The highest BCUT2D eigenvalue weighted by Crippen LogP contribution is 2.41. The van der Waals surface area contributed by atoms with Crippen molar-refractivity contribution < 1.29 is 4.74 Å². The van der Waals surface area contributed by atoms with Crippen molar-refractivity contribution in [2.75, 3.05) is 13.7 Å². The zero-order chi connectivity index (χ0) is 13.2. The summed E-state index contributed by atoms with van der Waals surface area (Å²) >= 11 is 0. The quantitative estimate of drug-likeness (QED) is 0.891. The summed E-state index contributed by atoms with van der Waals surface area (Å²) in [6.07, 6.45) is 5.61. The molecule has 0 bridgehead atoms. The Balaban J connectivity index is 1.90. The second kappa shape index (κ2) is 5.64. The molecule has 2 heteroatoms. The summed E-state index contributed by atoms with van der Waals surface area (Å²) < 4.78 is 6.00. The van der Waals surface area contributed by atoms with Crippen LogP contribution >= 0.6 is 0 Å². The first kappa shape index (κ1) is 13.1. The molecule has 1 saturated heterocycles. The van der Waals surface area contributed by atoms with Crippen LogP contribution in [-0.2, 0) is 4.74 Å². The molecular weight excluding hydrogens is 234 g/mol. The van der Waals surface area contributed by atoms with Crippen LogP contribution in [0, 0.1) is 5.92 Å². The van der Waals surface area contributed by atoms with E-state index >= 15 is 0 Å². The molecule has 0 spiro atoms. The fourth-order valence-corrected chi connectivity index (χ4v) is 3.53. The van der Waals surface area contributed by atoms with Crippen molar-refractivity contribution in [3.8, 4) is 0 Å². The third-order valence-electron chi connectivity index (χ3n) is 4.96. The Morgan fingerprint density at radius 2 is 2.00 bits per heavy atom. The van der Waals surface area contributed by atoms with E-state index in [1.807, 2.05) is 0 Å². The van der Waals surface area contributed by atoms with Gasteiger partial charge in [-0.15, -0.1) is 0 Å². The molecule has 0 radical (unpaired) electrons. The Morgan fingerprint density at radius 1 is 1.21 bits per heavy atom. The molecule has 3 unspecified atom stereocenters. The summed E-state index contributed by atoms with van der Waals surface area (Å²) in [7, 11) is 2.07. The highest BCUT2D eigenvalue weighted by atomic mass is 16.5. The average molecular weight is 259 g/mol. The molecule has 1 heterocycles. The first-order valence-electron chi connectivity index (χ1n) is 7.69. The van der Waals surface area contributed by atoms with Crippen LogP contribution in [0.4, 0.5) is 0 Å². The molecule has 2 fully saturated rings. The molecule has 0 amide bonds. The third-order valence-corrected chi connectivity index (χ3v) is 4.96. The molecule has 1 N–H and O–H groups in total. The number of hydrogen-bond donors (Lipinski definition) is 1. The molecule has 1 aliphatic carbocycles. The van der Waals surface area contributed by atoms with Crippen molar-refractivity contribution in [2.24, 2.45) is 5.92 Å². The van der Waals surface area contributed by atoms with Gasteiger partial charge in [-0.3, -0.25) is 0 Å². The lowest BCUT2D eigenvalue weighted by Gasteiger charge is -2.33.